The van der Waals surface area contributed by atoms with Crippen molar-refractivity contribution in [1.82, 2.24) is 24.4 Å². The molecule has 168 valence electrons. The van der Waals surface area contributed by atoms with E-state index in [9.17, 15) is 4.79 Å². The highest BCUT2D eigenvalue weighted by atomic mass is 16.5. The molecule has 0 radical (unpaired) electrons. The van der Waals surface area contributed by atoms with Gasteiger partial charge in [0, 0.05) is 64.6 Å². The number of hydrogen-bond donors (Lipinski definition) is 1. The first kappa shape index (κ1) is 20.7. The number of nitrogens with zero attached hydrogens (tertiary/aromatic N) is 5. The lowest BCUT2D eigenvalue weighted by atomic mass is 9.89. The van der Waals surface area contributed by atoms with Crippen molar-refractivity contribution in [2.75, 3.05) is 44.7 Å². The highest BCUT2D eigenvalue weighted by molar-refractivity contribution is 5.73. The maximum absolute atomic E-state index is 11.6. The van der Waals surface area contributed by atoms with Crippen LogP contribution in [-0.2, 0) is 9.53 Å². The first-order valence-electron chi connectivity index (χ1n) is 11.8. The smallest absolute Gasteiger partial charge is 0.219 e. The van der Waals surface area contributed by atoms with Gasteiger partial charge in [0.25, 0.3) is 0 Å². The van der Waals surface area contributed by atoms with Crippen LogP contribution in [0.3, 0.4) is 0 Å². The van der Waals surface area contributed by atoms with Gasteiger partial charge in [-0.15, -0.1) is 0 Å². The van der Waals surface area contributed by atoms with Crippen LogP contribution < -0.4 is 5.32 Å². The quantitative estimate of drug-likeness (QED) is 0.810. The standard InChI is InChI=1S/C23H34N6O2/c1-17(30)27-10-12-28(13-11-27)20-4-2-19(3-5-20)26-23-22-21(18-7-14-31-15-8-18)6-9-29(22)25-16-24-23/h6,9,16,18-20H,2-5,7-8,10-15H2,1H3,(H,24,25,26). The summed E-state index contributed by atoms with van der Waals surface area (Å²) in [5.74, 6) is 1.70. The van der Waals surface area contributed by atoms with Gasteiger partial charge in [0.05, 0.1) is 0 Å². The fourth-order valence-electron chi connectivity index (χ4n) is 5.60. The second-order valence-electron chi connectivity index (χ2n) is 9.25. The minimum absolute atomic E-state index is 0.203. The van der Waals surface area contributed by atoms with E-state index in [1.54, 1.807) is 13.3 Å². The molecule has 2 aliphatic heterocycles. The number of fused-ring (bicyclic) bond motifs is 1. The summed E-state index contributed by atoms with van der Waals surface area (Å²) in [4.78, 5) is 20.8. The van der Waals surface area contributed by atoms with Crippen molar-refractivity contribution in [2.45, 2.75) is 63.5 Å². The molecule has 3 fully saturated rings. The Morgan fingerprint density at radius 3 is 2.52 bits per heavy atom. The zero-order valence-electron chi connectivity index (χ0n) is 18.5. The molecule has 2 saturated heterocycles. The zero-order chi connectivity index (χ0) is 21.2. The van der Waals surface area contributed by atoms with Crippen LogP contribution in [0.15, 0.2) is 18.6 Å². The first-order chi connectivity index (χ1) is 15.2. The number of ether oxygens (including phenoxy) is 1. The number of anilines is 1. The number of rotatable bonds is 4. The normalized spacial score (nSPS) is 26.3. The van der Waals surface area contributed by atoms with E-state index in [1.165, 1.54) is 18.4 Å². The van der Waals surface area contributed by atoms with Crippen molar-refractivity contribution >= 4 is 17.2 Å². The van der Waals surface area contributed by atoms with Gasteiger partial charge in [0.15, 0.2) is 5.82 Å². The minimum Gasteiger partial charge on any atom is -0.381 e. The summed E-state index contributed by atoms with van der Waals surface area (Å²) >= 11 is 0. The van der Waals surface area contributed by atoms with E-state index in [0.717, 1.165) is 76.4 Å². The lowest BCUT2D eigenvalue weighted by Crippen LogP contribution is -2.52. The number of hydrogen-bond acceptors (Lipinski definition) is 6. The van der Waals surface area contributed by atoms with Crippen LogP contribution in [0, 0.1) is 0 Å². The second-order valence-corrected chi connectivity index (χ2v) is 9.25. The van der Waals surface area contributed by atoms with E-state index < -0.39 is 0 Å². The lowest BCUT2D eigenvalue weighted by Gasteiger charge is -2.42. The van der Waals surface area contributed by atoms with Gasteiger partial charge in [0.2, 0.25) is 5.91 Å². The van der Waals surface area contributed by atoms with Crippen LogP contribution in [0.4, 0.5) is 5.82 Å². The molecule has 0 atom stereocenters. The van der Waals surface area contributed by atoms with E-state index in [-0.39, 0.29) is 5.91 Å². The van der Waals surface area contributed by atoms with Crippen LogP contribution in [0.2, 0.25) is 0 Å². The van der Waals surface area contributed by atoms with Gasteiger partial charge < -0.3 is 15.0 Å². The van der Waals surface area contributed by atoms with E-state index in [4.69, 9.17) is 4.74 Å². The third kappa shape index (κ3) is 4.41. The summed E-state index contributed by atoms with van der Waals surface area (Å²) < 4.78 is 7.53. The van der Waals surface area contributed by atoms with E-state index in [1.807, 2.05) is 9.42 Å². The van der Waals surface area contributed by atoms with Crippen LogP contribution in [0.25, 0.3) is 5.52 Å². The number of carbonyl (C=O) groups excluding carboxylic acids is 1. The number of carbonyl (C=O) groups is 1. The minimum atomic E-state index is 0.203. The third-order valence-electron chi connectivity index (χ3n) is 7.46. The summed E-state index contributed by atoms with van der Waals surface area (Å²) in [6, 6.07) is 3.30. The maximum atomic E-state index is 11.6. The Morgan fingerprint density at radius 2 is 1.81 bits per heavy atom. The Kier molecular flexibility index (Phi) is 6.09. The molecule has 5 rings (SSSR count). The molecule has 4 heterocycles. The van der Waals surface area contributed by atoms with E-state index in [2.05, 4.69) is 32.6 Å². The predicted octanol–water partition coefficient (Wildman–Crippen LogP) is 2.51. The molecule has 1 aliphatic carbocycles. The zero-order valence-corrected chi connectivity index (χ0v) is 18.5. The Balaban J connectivity index is 1.22. The van der Waals surface area contributed by atoms with Crippen molar-refractivity contribution in [3.8, 4) is 0 Å². The molecule has 8 nitrogen and oxygen atoms in total. The van der Waals surface area contributed by atoms with Gasteiger partial charge in [-0.1, -0.05) is 0 Å². The number of amides is 1. The molecule has 2 aromatic rings. The summed E-state index contributed by atoms with van der Waals surface area (Å²) in [5, 5.41) is 8.20. The molecule has 0 bridgehead atoms. The lowest BCUT2D eigenvalue weighted by molar-refractivity contribution is -0.131. The Bertz CT molecular complexity index is 893. The summed E-state index contributed by atoms with van der Waals surface area (Å²) in [6.07, 6.45) is 10.6. The van der Waals surface area contributed by atoms with E-state index >= 15 is 0 Å². The van der Waals surface area contributed by atoms with Crippen LogP contribution >= 0.6 is 0 Å². The average molecular weight is 427 g/mol. The summed E-state index contributed by atoms with van der Waals surface area (Å²) in [7, 11) is 0. The fourth-order valence-corrected chi connectivity index (χ4v) is 5.60. The van der Waals surface area contributed by atoms with Crippen LogP contribution in [0.1, 0.15) is 56.9 Å². The maximum Gasteiger partial charge on any atom is 0.219 e. The van der Waals surface area contributed by atoms with Gasteiger partial charge in [-0.25, -0.2) is 9.50 Å². The fraction of sp³-hybridized carbons (Fsp3) is 0.696. The SMILES string of the molecule is CC(=O)N1CCN(C2CCC(Nc3ncnn4ccc(C5CCOCC5)c34)CC2)CC1. The molecular formula is C23H34N6O2. The van der Waals surface area contributed by atoms with E-state index in [0.29, 0.717) is 18.0 Å². The number of aromatic nitrogens is 3. The van der Waals surface area contributed by atoms with Crippen LogP contribution in [0.5, 0.6) is 0 Å². The predicted molar refractivity (Wildman–Crippen MR) is 119 cm³/mol. The molecule has 1 saturated carbocycles. The Hall–Kier alpha value is -2.19. The highest BCUT2D eigenvalue weighted by Crippen LogP contribution is 2.34. The van der Waals surface area contributed by atoms with Crippen molar-refractivity contribution < 1.29 is 9.53 Å². The molecular weight excluding hydrogens is 392 g/mol. The molecule has 0 spiro atoms. The van der Waals surface area contributed by atoms with Gasteiger partial charge >= 0.3 is 0 Å². The first-order valence-corrected chi connectivity index (χ1v) is 11.8. The second kappa shape index (κ2) is 9.12. The molecule has 8 heteroatoms. The molecule has 0 aromatic carbocycles. The third-order valence-corrected chi connectivity index (χ3v) is 7.46. The van der Waals surface area contributed by atoms with Gasteiger partial charge in [-0.2, -0.15) is 5.10 Å². The van der Waals surface area contributed by atoms with Crippen molar-refractivity contribution in [3.63, 3.8) is 0 Å². The Morgan fingerprint density at radius 1 is 1.06 bits per heavy atom. The van der Waals surface area contributed by atoms with Gasteiger partial charge in [-0.3, -0.25) is 9.69 Å². The monoisotopic (exact) mass is 426 g/mol. The summed E-state index contributed by atoms with van der Waals surface area (Å²) in [5.41, 5.74) is 2.49. The number of nitrogens with one attached hydrogen (secondary N) is 1. The van der Waals surface area contributed by atoms with Crippen molar-refractivity contribution in [1.29, 1.82) is 0 Å². The summed E-state index contributed by atoms with van der Waals surface area (Å²) in [6.45, 7) is 7.10. The molecule has 2 aromatic heterocycles. The number of piperazine rings is 1. The van der Waals surface area contributed by atoms with Crippen molar-refractivity contribution in [2.24, 2.45) is 0 Å². The molecule has 1 amide bonds. The Labute approximate surface area is 183 Å². The molecule has 3 aliphatic rings. The van der Waals surface area contributed by atoms with Gasteiger partial charge in [0.1, 0.15) is 11.8 Å². The molecule has 0 unspecified atom stereocenters. The molecule has 31 heavy (non-hydrogen) atoms. The van der Waals surface area contributed by atoms with Gasteiger partial charge in [-0.05, 0) is 56.1 Å². The van der Waals surface area contributed by atoms with Crippen LogP contribution in [-0.4, -0.2) is 81.8 Å². The topological polar surface area (TPSA) is 75.0 Å². The van der Waals surface area contributed by atoms with Crippen molar-refractivity contribution in [3.05, 3.63) is 24.2 Å². The average Bonchev–Trinajstić information content (AvgIpc) is 3.26. The molecule has 1 N–H and O–H groups in total. The highest BCUT2D eigenvalue weighted by Gasteiger charge is 2.29. The largest absolute Gasteiger partial charge is 0.381 e.